The lowest BCUT2D eigenvalue weighted by Gasteiger charge is -2.42. The monoisotopic (exact) mass is 280 g/mol. The van der Waals surface area contributed by atoms with E-state index in [1.807, 2.05) is 29.2 Å². The van der Waals surface area contributed by atoms with E-state index in [2.05, 4.69) is 13.8 Å². The zero-order valence-corrected chi connectivity index (χ0v) is 12.3. The summed E-state index contributed by atoms with van der Waals surface area (Å²) in [5.41, 5.74) is 7.09. The molecule has 1 aromatic rings. The van der Waals surface area contributed by atoms with Gasteiger partial charge < -0.3 is 10.6 Å². The van der Waals surface area contributed by atoms with E-state index in [4.69, 9.17) is 17.3 Å². The third kappa shape index (κ3) is 3.48. The van der Waals surface area contributed by atoms with Crippen LogP contribution in [0.4, 0.5) is 0 Å². The van der Waals surface area contributed by atoms with Crippen LogP contribution in [0.15, 0.2) is 24.3 Å². The second-order valence-corrected chi connectivity index (χ2v) is 6.44. The van der Waals surface area contributed by atoms with Crippen molar-refractivity contribution in [2.45, 2.75) is 32.7 Å². The van der Waals surface area contributed by atoms with Crippen LogP contribution in [0, 0.1) is 5.41 Å². The van der Waals surface area contributed by atoms with Crippen molar-refractivity contribution in [1.82, 2.24) is 4.90 Å². The van der Waals surface area contributed by atoms with E-state index in [0.29, 0.717) is 11.4 Å². The average molecular weight is 281 g/mol. The third-order valence-corrected chi connectivity index (χ3v) is 4.19. The van der Waals surface area contributed by atoms with Crippen molar-refractivity contribution in [3.63, 3.8) is 0 Å². The van der Waals surface area contributed by atoms with Gasteiger partial charge in [0, 0.05) is 24.2 Å². The fourth-order valence-electron chi connectivity index (χ4n) is 2.48. The number of carbonyl (C=O) groups excluding carboxylic acids is 1. The largest absolute Gasteiger partial charge is 0.342 e. The smallest absolute Gasteiger partial charge is 0.227 e. The van der Waals surface area contributed by atoms with Gasteiger partial charge in [0.15, 0.2) is 0 Å². The van der Waals surface area contributed by atoms with E-state index in [0.717, 1.165) is 25.1 Å². The van der Waals surface area contributed by atoms with Crippen molar-refractivity contribution < 1.29 is 4.79 Å². The fraction of sp³-hybridized carbons (Fsp3) is 0.533. The maximum atomic E-state index is 12.3. The van der Waals surface area contributed by atoms with Crippen LogP contribution in [0.3, 0.4) is 0 Å². The molecular weight excluding hydrogens is 260 g/mol. The van der Waals surface area contributed by atoms with Gasteiger partial charge in [0.1, 0.15) is 0 Å². The number of carbonyl (C=O) groups is 1. The highest BCUT2D eigenvalue weighted by atomic mass is 35.5. The lowest BCUT2D eigenvalue weighted by Crippen LogP contribution is -2.54. The summed E-state index contributed by atoms with van der Waals surface area (Å²) in [5, 5.41) is 0.696. The van der Waals surface area contributed by atoms with Crippen molar-refractivity contribution in [1.29, 1.82) is 0 Å². The van der Waals surface area contributed by atoms with Crippen LogP contribution < -0.4 is 5.73 Å². The average Bonchev–Trinajstić information content (AvgIpc) is 2.35. The molecule has 0 saturated carbocycles. The van der Waals surface area contributed by atoms with Crippen LogP contribution in [-0.2, 0) is 11.2 Å². The van der Waals surface area contributed by atoms with Crippen LogP contribution in [0.1, 0.15) is 25.8 Å². The van der Waals surface area contributed by atoms with E-state index < -0.39 is 0 Å². The maximum absolute atomic E-state index is 12.3. The molecule has 0 aliphatic carbocycles. The quantitative estimate of drug-likeness (QED) is 0.905. The number of benzene rings is 1. The van der Waals surface area contributed by atoms with Crippen LogP contribution >= 0.6 is 11.6 Å². The lowest BCUT2D eigenvalue weighted by atomic mass is 9.79. The molecule has 1 amide bonds. The van der Waals surface area contributed by atoms with Gasteiger partial charge in [-0.3, -0.25) is 4.79 Å². The Morgan fingerprint density at radius 2 is 2.05 bits per heavy atom. The summed E-state index contributed by atoms with van der Waals surface area (Å²) in [6, 6.07) is 7.62. The summed E-state index contributed by atoms with van der Waals surface area (Å²) in [7, 11) is 0. The minimum absolute atomic E-state index is 0.00605. The Morgan fingerprint density at radius 3 is 2.63 bits per heavy atom. The summed E-state index contributed by atoms with van der Waals surface area (Å²) >= 11 is 5.84. The van der Waals surface area contributed by atoms with Gasteiger partial charge in [-0.2, -0.15) is 0 Å². The molecule has 0 bridgehead atoms. The predicted octanol–water partition coefficient (Wildman–Crippen LogP) is 2.47. The molecule has 2 N–H and O–H groups in total. The van der Waals surface area contributed by atoms with E-state index >= 15 is 0 Å². The maximum Gasteiger partial charge on any atom is 0.227 e. The molecule has 1 aromatic carbocycles. The molecule has 0 radical (unpaired) electrons. The summed E-state index contributed by atoms with van der Waals surface area (Å²) in [5.74, 6) is 0.169. The summed E-state index contributed by atoms with van der Waals surface area (Å²) in [4.78, 5) is 14.2. The molecule has 19 heavy (non-hydrogen) atoms. The van der Waals surface area contributed by atoms with E-state index in [1.165, 1.54) is 0 Å². The normalized spacial score (nSPS) is 22.3. The van der Waals surface area contributed by atoms with Gasteiger partial charge in [-0.05, 0) is 29.5 Å². The van der Waals surface area contributed by atoms with Crippen molar-refractivity contribution in [2.24, 2.45) is 11.1 Å². The van der Waals surface area contributed by atoms with Crippen molar-refractivity contribution >= 4 is 17.5 Å². The van der Waals surface area contributed by atoms with Gasteiger partial charge in [0.2, 0.25) is 5.91 Å². The molecule has 1 heterocycles. The van der Waals surface area contributed by atoms with Gasteiger partial charge in [0.25, 0.3) is 0 Å². The molecule has 104 valence electrons. The fourth-order valence-corrected chi connectivity index (χ4v) is 2.60. The molecule has 1 aliphatic rings. The summed E-state index contributed by atoms with van der Waals surface area (Å²) in [6.07, 6.45) is 1.31. The van der Waals surface area contributed by atoms with Crippen LogP contribution in [0.2, 0.25) is 5.02 Å². The number of nitrogens with zero attached hydrogens (tertiary/aromatic N) is 1. The molecule has 0 spiro atoms. The van der Waals surface area contributed by atoms with Crippen molar-refractivity contribution in [2.75, 3.05) is 13.1 Å². The van der Waals surface area contributed by atoms with Gasteiger partial charge >= 0.3 is 0 Å². The SMILES string of the molecule is CC1(C)CN(C(=O)Cc2ccc(Cl)cc2)CCC1N. The molecule has 1 aliphatic heterocycles. The molecule has 2 rings (SSSR count). The van der Waals surface area contributed by atoms with Gasteiger partial charge in [-0.15, -0.1) is 0 Å². The zero-order valence-electron chi connectivity index (χ0n) is 11.5. The Morgan fingerprint density at radius 1 is 1.42 bits per heavy atom. The number of halogens is 1. The van der Waals surface area contributed by atoms with Crippen LogP contribution in [0.25, 0.3) is 0 Å². The van der Waals surface area contributed by atoms with E-state index in [1.54, 1.807) is 0 Å². The Labute approximate surface area is 119 Å². The van der Waals surface area contributed by atoms with Crippen LogP contribution in [0.5, 0.6) is 0 Å². The van der Waals surface area contributed by atoms with Crippen molar-refractivity contribution in [3.05, 3.63) is 34.9 Å². The summed E-state index contributed by atoms with van der Waals surface area (Å²) in [6.45, 7) is 5.75. The standard InChI is InChI=1S/C15H21ClN2O/c1-15(2)10-18(8-7-13(15)17)14(19)9-11-3-5-12(16)6-4-11/h3-6,13H,7-10,17H2,1-2H3. The second-order valence-electron chi connectivity index (χ2n) is 6.00. The zero-order chi connectivity index (χ0) is 14.0. The number of amides is 1. The number of hydrogen-bond donors (Lipinski definition) is 1. The minimum atomic E-state index is -0.00605. The van der Waals surface area contributed by atoms with E-state index in [9.17, 15) is 4.79 Å². The Hall–Kier alpha value is -1.06. The van der Waals surface area contributed by atoms with E-state index in [-0.39, 0.29) is 17.4 Å². The first kappa shape index (κ1) is 14.4. The summed E-state index contributed by atoms with van der Waals surface area (Å²) < 4.78 is 0. The Bertz CT molecular complexity index is 456. The molecule has 1 unspecified atom stereocenters. The molecule has 0 aromatic heterocycles. The molecule has 1 atom stereocenters. The van der Waals surface area contributed by atoms with Crippen molar-refractivity contribution in [3.8, 4) is 0 Å². The first-order valence-corrected chi connectivity index (χ1v) is 7.04. The molecule has 3 nitrogen and oxygen atoms in total. The second kappa shape index (κ2) is 5.51. The molecule has 1 fully saturated rings. The lowest BCUT2D eigenvalue weighted by molar-refractivity contribution is -0.133. The first-order valence-electron chi connectivity index (χ1n) is 6.66. The molecular formula is C15H21ClN2O. The third-order valence-electron chi connectivity index (χ3n) is 3.93. The number of likely N-dealkylation sites (tertiary alicyclic amines) is 1. The minimum Gasteiger partial charge on any atom is -0.342 e. The number of piperidine rings is 1. The number of hydrogen-bond acceptors (Lipinski definition) is 2. The highest BCUT2D eigenvalue weighted by molar-refractivity contribution is 6.30. The highest BCUT2D eigenvalue weighted by Gasteiger charge is 2.35. The van der Waals surface area contributed by atoms with Gasteiger partial charge in [-0.1, -0.05) is 37.6 Å². The van der Waals surface area contributed by atoms with Crippen LogP contribution in [-0.4, -0.2) is 29.9 Å². The highest BCUT2D eigenvalue weighted by Crippen LogP contribution is 2.28. The predicted molar refractivity (Wildman–Crippen MR) is 78.1 cm³/mol. The Kier molecular flexibility index (Phi) is 4.16. The number of rotatable bonds is 2. The molecule has 4 heteroatoms. The topological polar surface area (TPSA) is 46.3 Å². The van der Waals surface area contributed by atoms with Gasteiger partial charge in [0.05, 0.1) is 6.42 Å². The number of nitrogens with two attached hydrogens (primary N) is 1. The first-order chi connectivity index (χ1) is 8.88. The molecule has 1 saturated heterocycles. The Balaban J connectivity index is 1.99. The van der Waals surface area contributed by atoms with Gasteiger partial charge in [-0.25, -0.2) is 0 Å².